The van der Waals surface area contributed by atoms with Gasteiger partial charge in [0.1, 0.15) is 5.56 Å². The van der Waals surface area contributed by atoms with Crippen molar-refractivity contribution in [2.75, 3.05) is 0 Å². The molecule has 1 aromatic rings. The minimum atomic E-state index is -1.06. The maximum atomic E-state index is 12.5. The van der Waals surface area contributed by atoms with Crippen LogP contribution in [-0.4, -0.2) is 27.8 Å². The molecule has 0 aliphatic heterocycles. The summed E-state index contributed by atoms with van der Waals surface area (Å²) < 4.78 is 0. The summed E-state index contributed by atoms with van der Waals surface area (Å²) in [6.45, 7) is 5.03. The number of benzene rings is 1. The number of nitro groups is 1. The number of nitrogens with one attached hydrogen (secondary N) is 2. The van der Waals surface area contributed by atoms with Crippen LogP contribution in [0, 0.1) is 26.9 Å². The molecule has 1 aliphatic carbocycles. The zero-order valence-electron chi connectivity index (χ0n) is 14.7. The van der Waals surface area contributed by atoms with Crippen LogP contribution < -0.4 is 10.9 Å². The summed E-state index contributed by atoms with van der Waals surface area (Å²) in [5, 5.41) is 20.5. The van der Waals surface area contributed by atoms with E-state index in [1.54, 1.807) is 20.8 Å². The zero-order valence-corrected chi connectivity index (χ0v) is 14.7. The van der Waals surface area contributed by atoms with Gasteiger partial charge in [-0.05, 0) is 31.2 Å². The molecule has 1 fully saturated rings. The number of aliphatic carboxylic acids is 1. The Bertz CT molecular complexity index is 776. The molecule has 0 aromatic heterocycles. The first-order valence-electron chi connectivity index (χ1n) is 8.09. The lowest BCUT2D eigenvalue weighted by atomic mass is 9.65. The van der Waals surface area contributed by atoms with Crippen LogP contribution in [-0.2, 0) is 9.59 Å². The fraction of sp³-hybridized carbons (Fsp3) is 0.471. The van der Waals surface area contributed by atoms with Crippen molar-refractivity contribution < 1.29 is 24.4 Å². The molecule has 1 aliphatic rings. The van der Waals surface area contributed by atoms with Gasteiger partial charge in [0.25, 0.3) is 11.6 Å². The van der Waals surface area contributed by atoms with E-state index in [-0.39, 0.29) is 11.3 Å². The minimum Gasteiger partial charge on any atom is -0.481 e. The van der Waals surface area contributed by atoms with Crippen molar-refractivity contribution in [1.82, 2.24) is 10.9 Å². The molecular weight excluding hydrogens is 342 g/mol. The number of amides is 2. The Morgan fingerprint density at radius 1 is 1.19 bits per heavy atom. The van der Waals surface area contributed by atoms with Gasteiger partial charge >= 0.3 is 5.97 Å². The lowest BCUT2D eigenvalue weighted by molar-refractivity contribution is -0.385. The van der Waals surface area contributed by atoms with Crippen LogP contribution in [0.3, 0.4) is 0 Å². The van der Waals surface area contributed by atoms with Crippen molar-refractivity contribution in [3.8, 4) is 0 Å². The fourth-order valence-corrected chi connectivity index (χ4v) is 3.44. The topological polar surface area (TPSA) is 139 Å². The lowest BCUT2D eigenvalue weighted by Gasteiger charge is -2.37. The van der Waals surface area contributed by atoms with Crippen LogP contribution >= 0.6 is 0 Å². The third-order valence-corrected chi connectivity index (χ3v) is 5.66. The number of carbonyl (C=O) groups is 3. The SMILES string of the molecule is CC1(C)[C@H](C(=O)NNC(=O)c2ccccc2[N+](=O)[O-])CC[C@@]1(C)C(=O)O. The number of carbonyl (C=O) groups excluding carboxylic acids is 2. The molecular formula is C17H21N3O6. The maximum absolute atomic E-state index is 12.5. The van der Waals surface area contributed by atoms with Crippen LogP contribution in [0.2, 0.25) is 0 Å². The number of hydrazine groups is 1. The van der Waals surface area contributed by atoms with Crippen LogP contribution in [0.25, 0.3) is 0 Å². The van der Waals surface area contributed by atoms with Gasteiger partial charge in [0, 0.05) is 12.0 Å². The van der Waals surface area contributed by atoms with E-state index in [9.17, 15) is 29.6 Å². The molecule has 0 heterocycles. The molecule has 2 atom stereocenters. The van der Waals surface area contributed by atoms with Gasteiger partial charge in [0.2, 0.25) is 5.91 Å². The van der Waals surface area contributed by atoms with Crippen molar-refractivity contribution >= 4 is 23.5 Å². The smallest absolute Gasteiger partial charge is 0.309 e. The highest BCUT2D eigenvalue weighted by molar-refractivity contribution is 5.99. The number of para-hydroxylation sites is 1. The molecule has 0 spiro atoms. The van der Waals surface area contributed by atoms with Gasteiger partial charge in [0.15, 0.2) is 0 Å². The first-order valence-corrected chi connectivity index (χ1v) is 8.09. The first-order chi connectivity index (χ1) is 12.0. The molecule has 1 saturated carbocycles. The van der Waals surface area contributed by atoms with Crippen LogP contribution in [0.1, 0.15) is 44.0 Å². The highest BCUT2D eigenvalue weighted by Gasteiger charge is 2.58. The molecule has 1 aromatic carbocycles. The predicted octanol–water partition coefficient (Wildman–Crippen LogP) is 1.88. The molecule has 0 unspecified atom stereocenters. The van der Waals surface area contributed by atoms with Gasteiger partial charge in [-0.1, -0.05) is 26.0 Å². The third-order valence-electron chi connectivity index (χ3n) is 5.66. The number of hydrogen-bond acceptors (Lipinski definition) is 5. The van der Waals surface area contributed by atoms with Gasteiger partial charge in [-0.2, -0.15) is 0 Å². The number of carboxylic acid groups (broad SMARTS) is 1. The van der Waals surface area contributed by atoms with Crippen LogP contribution in [0.5, 0.6) is 0 Å². The quantitative estimate of drug-likeness (QED) is 0.551. The van der Waals surface area contributed by atoms with E-state index < -0.39 is 39.5 Å². The molecule has 0 radical (unpaired) electrons. The molecule has 9 heteroatoms. The van der Waals surface area contributed by atoms with Crippen molar-refractivity contribution in [2.45, 2.75) is 33.6 Å². The standard InChI is InChI=1S/C17H21N3O6/c1-16(2)11(8-9-17(16,3)15(23)24)14(22)19-18-13(21)10-6-4-5-7-12(10)20(25)26/h4-7,11H,8-9H2,1-3H3,(H,18,21)(H,19,22)(H,23,24)/t11-,17-/m0/s1. The summed E-state index contributed by atoms with van der Waals surface area (Å²) in [6, 6.07) is 5.37. The van der Waals surface area contributed by atoms with E-state index in [1.165, 1.54) is 24.3 Å². The zero-order chi connectivity index (χ0) is 19.7. The Labute approximate surface area is 149 Å². The largest absolute Gasteiger partial charge is 0.481 e. The Hall–Kier alpha value is -2.97. The third kappa shape index (κ3) is 3.12. The number of nitro benzene ring substituents is 1. The van der Waals surface area contributed by atoms with E-state index in [1.807, 2.05) is 0 Å². The van der Waals surface area contributed by atoms with Crippen LogP contribution in [0.4, 0.5) is 5.69 Å². The van der Waals surface area contributed by atoms with Crippen LogP contribution in [0.15, 0.2) is 24.3 Å². The molecule has 0 bridgehead atoms. The number of hydrogen-bond donors (Lipinski definition) is 3. The van der Waals surface area contributed by atoms with E-state index in [4.69, 9.17) is 0 Å². The van der Waals surface area contributed by atoms with Crippen molar-refractivity contribution in [3.05, 3.63) is 39.9 Å². The lowest BCUT2D eigenvalue weighted by Crippen LogP contribution is -2.49. The summed E-state index contributed by atoms with van der Waals surface area (Å²) in [5.41, 5.74) is 2.00. The molecule has 26 heavy (non-hydrogen) atoms. The minimum absolute atomic E-state index is 0.182. The summed E-state index contributed by atoms with van der Waals surface area (Å²) in [7, 11) is 0. The summed E-state index contributed by atoms with van der Waals surface area (Å²) in [5.74, 6) is -2.93. The van der Waals surface area contributed by atoms with Gasteiger partial charge in [-0.25, -0.2) is 0 Å². The Morgan fingerprint density at radius 2 is 1.81 bits per heavy atom. The maximum Gasteiger partial charge on any atom is 0.309 e. The average Bonchev–Trinajstić information content (AvgIpc) is 2.83. The molecule has 2 amide bonds. The fourth-order valence-electron chi connectivity index (χ4n) is 3.44. The second-order valence-corrected chi connectivity index (χ2v) is 7.17. The Morgan fingerprint density at radius 3 is 2.35 bits per heavy atom. The first kappa shape index (κ1) is 19.4. The number of carboxylic acids is 1. The van der Waals surface area contributed by atoms with Gasteiger partial charge in [0.05, 0.1) is 10.3 Å². The van der Waals surface area contributed by atoms with E-state index in [2.05, 4.69) is 10.9 Å². The summed E-state index contributed by atoms with van der Waals surface area (Å²) in [4.78, 5) is 46.5. The molecule has 2 rings (SSSR count). The van der Waals surface area contributed by atoms with E-state index >= 15 is 0 Å². The number of nitrogens with zero attached hydrogens (tertiary/aromatic N) is 1. The van der Waals surface area contributed by atoms with Crippen molar-refractivity contribution in [1.29, 1.82) is 0 Å². The monoisotopic (exact) mass is 363 g/mol. The highest BCUT2D eigenvalue weighted by atomic mass is 16.6. The van der Waals surface area contributed by atoms with Gasteiger partial charge in [-0.15, -0.1) is 0 Å². The average molecular weight is 363 g/mol. The summed E-state index contributed by atoms with van der Waals surface area (Å²) in [6.07, 6.45) is 0.703. The Kier molecular flexibility index (Phi) is 5.02. The predicted molar refractivity (Wildman–Crippen MR) is 91.0 cm³/mol. The van der Waals surface area contributed by atoms with Gasteiger partial charge < -0.3 is 5.11 Å². The van der Waals surface area contributed by atoms with Gasteiger partial charge in [-0.3, -0.25) is 35.3 Å². The summed E-state index contributed by atoms with van der Waals surface area (Å²) >= 11 is 0. The molecule has 0 saturated heterocycles. The Balaban J connectivity index is 2.09. The molecule has 9 nitrogen and oxygen atoms in total. The van der Waals surface area contributed by atoms with Crippen molar-refractivity contribution in [3.63, 3.8) is 0 Å². The number of rotatable bonds is 4. The molecule has 140 valence electrons. The van der Waals surface area contributed by atoms with E-state index in [0.29, 0.717) is 12.8 Å². The molecule has 3 N–H and O–H groups in total. The second-order valence-electron chi connectivity index (χ2n) is 7.17. The second kappa shape index (κ2) is 6.74. The van der Waals surface area contributed by atoms with E-state index in [0.717, 1.165) is 0 Å². The van der Waals surface area contributed by atoms with Crippen molar-refractivity contribution in [2.24, 2.45) is 16.7 Å². The normalized spacial score (nSPS) is 23.9. The highest BCUT2D eigenvalue weighted by Crippen LogP contribution is 2.56.